The summed E-state index contributed by atoms with van der Waals surface area (Å²) >= 11 is 0. The van der Waals surface area contributed by atoms with Gasteiger partial charge in [0, 0.05) is 13.1 Å². The lowest BCUT2D eigenvalue weighted by atomic mass is 10.1. The largest absolute Gasteiger partial charge is 0.497 e. The van der Waals surface area contributed by atoms with Gasteiger partial charge in [-0.05, 0) is 24.6 Å². The fraction of sp³-hybridized carbons (Fsp3) is 0.286. The van der Waals surface area contributed by atoms with Gasteiger partial charge in [0.15, 0.2) is 0 Å². The number of amides is 2. The predicted octanol–water partition coefficient (Wildman–Crippen LogP) is 2.31. The van der Waals surface area contributed by atoms with E-state index in [-0.39, 0.29) is 12.1 Å². The molecule has 1 unspecified atom stereocenters. The maximum Gasteiger partial charge on any atom is 0.320 e. The van der Waals surface area contributed by atoms with Gasteiger partial charge in [-0.25, -0.2) is 4.79 Å². The first-order valence-corrected chi connectivity index (χ1v) is 6.29. The minimum atomic E-state index is -0.267. The SMILES string of the molecule is COc1ccc(C(C)NC(=O)Nc2ccnn2C)cc1. The Morgan fingerprint density at radius 1 is 1.30 bits per heavy atom. The van der Waals surface area contributed by atoms with Crippen LogP contribution >= 0.6 is 0 Å². The summed E-state index contributed by atoms with van der Waals surface area (Å²) in [6.07, 6.45) is 1.63. The van der Waals surface area contributed by atoms with Crippen molar-refractivity contribution in [2.75, 3.05) is 12.4 Å². The zero-order chi connectivity index (χ0) is 14.5. The van der Waals surface area contributed by atoms with Gasteiger partial charge in [0.1, 0.15) is 11.6 Å². The van der Waals surface area contributed by atoms with Gasteiger partial charge in [0.25, 0.3) is 0 Å². The topological polar surface area (TPSA) is 68.2 Å². The number of methoxy groups -OCH3 is 1. The van der Waals surface area contributed by atoms with E-state index in [1.165, 1.54) is 0 Å². The molecule has 0 saturated carbocycles. The monoisotopic (exact) mass is 274 g/mol. The number of aromatic nitrogens is 2. The summed E-state index contributed by atoms with van der Waals surface area (Å²) in [5, 5.41) is 9.59. The molecular formula is C14H18N4O2. The van der Waals surface area contributed by atoms with E-state index in [4.69, 9.17) is 4.74 Å². The summed E-state index contributed by atoms with van der Waals surface area (Å²) in [4.78, 5) is 11.9. The van der Waals surface area contributed by atoms with Crippen molar-refractivity contribution in [3.63, 3.8) is 0 Å². The smallest absolute Gasteiger partial charge is 0.320 e. The standard InChI is InChI=1S/C14H18N4O2/c1-10(11-4-6-12(20-3)7-5-11)16-14(19)17-13-8-9-15-18(13)2/h4-10H,1-3H3,(H2,16,17,19). The molecule has 0 spiro atoms. The van der Waals surface area contributed by atoms with Crippen molar-refractivity contribution >= 4 is 11.8 Å². The molecule has 0 bridgehead atoms. The summed E-state index contributed by atoms with van der Waals surface area (Å²) in [6.45, 7) is 1.92. The second kappa shape index (κ2) is 6.10. The molecule has 0 aliphatic heterocycles. The molecule has 0 fully saturated rings. The Balaban J connectivity index is 1.94. The first-order valence-electron chi connectivity index (χ1n) is 6.29. The van der Waals surface area contributed by atoms with E-state index < -0.39 is 0 Å². The number of carbonyl (C=O) groups excluding carboxylic acids is 1. The highest BCUT2D eigenvalue weighted by Gasteiger charge is 2.10. The van der Waals surface area contributed by atoms with Gasteiger partial charge in [0.2, 0.25) is 0 Å². The summed E-state index contributed by atoms with van der Waals surface area (Å²) in [5.74, 6) is 1.43. The van der Waals surface area contributed by atoms with Crippen molar-refractivity contribution in [2.45, 2.75) is 13.0 Å². The molecule has 6 heteroatoms. The number of hydrogen-bond donors (Lipinski definition) is 2. The molecule has 0 aliphatic rings. The molecule has 20 heavy (non-hydrogen) atoms. The molecule has 1 aromatic carbocycles. The fourth-order valence-electron chi connectivity index (χ4n) is 1.82. The van der Waals surface area contributed by atoms with Gasteiger partial charge in [0.05, 0.1) is 19.3 Å². The number of urea groups is 1. The summed E-state index contributed by atoms with van der Waals surface area (Å²) in [6, 6.07) is 8.95. The van der Waals surface area contributed by atoms with Gasteiger partial charge in [-0.15, -0.1) is 0 Å². The lowest BCUT2D eigenvalue weighted by molar-refractivity contribution is 0.249. The number of benzene rings is 1. The number of nitrogens with one attached hydrogen (secondary N) is 2. The molecule has 1 aromatic heterocycles. The van der Waals surface area contributed by atoms with Crippen LogP contribution in [0.4, 0.5) is 10.6 Å². The van der Waals surface area contributed by atoms with E-state index in [1.807, 2.05) is 31.2 Å². The number of rotatable bonds is 4. The van der Waals surface area contributed by atoms with Crippen molar-refractivity contribution in [2.24, 2.45) is 7.05 Å². The van der Waals surface area contributed by atoms with Crippen LogP contribution in [0.3, 0.4) is 0 Å². The van der Waals surface area contributed by atoms with E-state index in [2.05, 4.69) is 15.7 Å². The van der Waals surface area contributed by atoms with E-state index >= 15 is 0 Å². The number of hydrogen-bond acceptors (Lipinski definition) is 3. The van der Waals surface area contributed by atoms with Crippen LogP contribution in [-0.2, 0) is 7.05 Å². The van der Waals surface area contributed by atoms with Gasteiger partial charge in [-0.3, -0.25) is 10.00 Å². The predicted molar refractivity (Wildman–Crippen MR) is 76.8 cm³/mol. The molecule has 0 radical (unpaired) electrons. The van der Waals surface area contributed by atoms with Crippen molar-refractivity contribution < 1.29 is 9.53 Å². The van der Waals surface area contributed by atoms with E-state index in [1.54, 1.807) is 31.1 Å². The van der Waals surface area contributed by atoms with Gasteiger partial charge >= 0.3 is 6.03 Å². The maximum atomic E-state index is 11.9. The molecule has 2 N–H and O–H groups in total. The van der Waals surface area contributed by atoms with Crippen LogP contribution in [0, 0.1) is 0 Å². The second-order valence-corrected chi connectivity index (χ2v) is 4.43. The number of ether oxygens (including phenoxy) is 1. The highest BCUT2D eigenvalue weighted by Crippen LogP contribution is 2.17. The Kier molecular flexibility index (Phi) is 4.24. The van der Waals surface area contributed by atoms with Gasteiger partial charge < -0.3 is 10.1 Å². The summed E-state index contributed by atoms with van der Waals surface area (Å²) in [5.41, 5.74) is 1.01. The summed E-state index contributed by atoms with van der Waals surface area (Å²) < 4.78 is 6.70. The van der Waals surface area contributed by atoms with Gasteiger partial charge in [-0.2, -0.15) is 5.10 Å². The van der Waals surface area contributed by atoms with Crippen molar-refractivity contribution in [3.05, 3.63) is 42.1 Å². The zero-order valence-corrected chi connectivity index (χ0v) is 11.8. The van der Waals surface area contributed by atoms with Crippen LogP contribution in [-0.4, -0.2) is 22.9 Å². The molecule has 1 heterocycles. The number of anilines is 1. The third-order valence-corrected chi connectivity index (χ3v) is 3.03. The lowest BCUT2D eigenvalue weighted by Gasteiger charge is -2.15. The summed E-state index contributed by atoms with van der Waals surface area (Å²) in [7, 11) is 3.39. The molecule has 2 amide bonds. The van der Waals surface area contributed by atoms with Crippen molar-refractivity contribution in [1.29, 1.82) is 0 Å². The zero-order valence-electron chi connectivity index (χ0n) is 11.8. The highest BCUT2D eigenvalue weighted by molar-refractivity contribution is 5.88. The fourth-order valence-corrected chi connectivity index (χ4v) is 1.82. The molecule has 2 rings (SSSR count). The van der Waals surface area contributed by atoms with Crippen LogP contribution in [0.15, 0.2) is 36.5 Å². The molecular weight excluding hydrogens is 256 g/mol. The Bertz CT molecular complexity index is 577. The second-order valence-electron chi connectivity index (χ2n) is 4.43. The van der Waals surface area contributed by atoms with E-state index in [0.29, 0.717) is 5.82 Å². The molecule has 2 aromatic rings. The van der Waals surface area contributed by atoms with Crippen LogP contribution in [0.25, 0.3) is 0 Å². The molecule has 106 valence electrons. The lowest BCUT2D eigenvalue weighted by Crippen LogP contribution is -2.31. The van der Waals surface area contributed by atoms with Crippen molar-refractivity contribution in [1.82, 2.24) is 15.1 Å². The first-order chi connectivity index (χ1) is 9.60. The molecule has 6 nitrogen and oxygen atoms in total. The Morgan fingerprint density at radius 3 is 2.55 bits per heavy atom. The minimum absolute atomic E-state index is 0.103. The Morgan fingerprint density at radius 2 is 2.00 bits per heavy atom. The van der Waals surface area contributed by atoms with Crippen LogP contribution < -0.4 is 15.4 Å². The number of aryl methyl sites for hydroxylation is 1. The Labute approximate surface area is 117 Å². The average Bonchev–Trinajstić information content (AvgIpc) is 2.84. The maximum absolute atomic E-state index is 11.9. The van der Waals surface area contributed by atoms with Gasteiger partial charge in [-0.1, -0.05) is 12.1 Å². The minimum Gasteiger partial charge on any atom is -0.497 e. The van der Waals surface area contributed by atoms with E-state index in [0.717, 1.165) is 11.3 Å². The normalized spacial score (nSPS) is 11.8. The Hall–Kier alpha value is -2.50. The molecule has 0 aliphatic carbocycles. The quantitative estimate of drug-likeness (QED) is 0.899. The molecule has 1 atom stereocenters. The third-order valence-electron chi connectivity index (χ3n) is 3.03. The first kappa shape index (κ1) is 13.9. The number of nitrogens with zero attached hydrogens (tertiary/aromatic N) is 2. The highest BCUT2D eigenvalue weighted by atomic mass is 16.5. The molecule has 0 saturated heterocycles. The van der Waals surface area contributed by atoms with E-state index in [9.17, 15) is 4.79 Å². The van der Waals surface area contributed by atoms with Crippen LogP contribution in [0.2, 0.25) is 0 Å². The third kappa shape index (κ3) is 3.28. The average molecular weight is 274 g/mol. The van der Waals surface area contributed by atoms with Crippen molar-refractivity contribution in [3.8, 4) is 5.75 Å². The number of carbonyl (C=O) groups is 1. The van der Waals surface area contributed by atoms with Crippen LogP contribution in [0.1, 0.15) is 18.5 Å². The van der Waals surface area contributed by atoms with Crippen LogP contribution in [0.5, 0.6) is 5.75 Å².